The molecule has 1 unspecified atom stereocenters. The Labute approximate surface area is 146 Å². The second-order valence-electron chi connectivity index (χ2n) is 6.28. The first kappa shape index (κ1) is 15.8. The number of pyridine rings is 1. The van der Waals surface area contributed by atoms with Crippen LogP contribution in [0.2, 0.25) is 0 Å². The van der Waals surface area contributed by atoms with E-state index in [0.717, 1.165) is 30.5 Å². The summed E-state index contributed by atoms with van der Waals surface area (Å²) in [6, 6.07) is 11.9. The van der Waals surface area contributed by atoms with Crippen LogP contribution in [0.25, 0.3) is 11.5 Å². The molecular formula is C19H20N4O2. The first-order valence-corrected chi connectivity index (χ1v) is 8.44. The van der Waals surface area contributed by atoms with E-state index in [9.17, 15) is 0 Å². The van der Waals surface area contributed by atoms with Gasteiger partial charge in [-0.3, -0.25) is 0 Å². The van der Waals surface area contributed by atoms with E-state index in [0.29, 0.717) is 24.0 Å². The molecule has 3 aromatic rings. The van der Waals surface area contributed by atoms with E-state index in [1.165, 1.54) is 11.1 Å². The standard InChI is InChI=1S/C19H20N4O2/c1-24-18-7-3-5-14(21-18)11-17-22-19(25-23-17)13-9-8-12-4-2-6-16(20)15(12)10-13/h3,5,7-10,16H,2,4,6,11,20H2,1H3. The van der Waals surface area contributed by atoms with Crippen LogP contribution in [0.5, 0.6) is 5.88 Å². The Hall–Kier alpha value is -2.73. The Morgan fingerprint density at radius 3 is 3.04 bits per heavy atom. The highest BCUT2D eigenvalue weighted by molar-refractivity contribution is 5.56. The van der Waals surface area contributed by atoms with Crippen LogP contribution < -0.4 is 10.5 Å². The van der Waals surface area contributed by atoms with Crippen molar-refractivity contribution in [2.45, 2.75) is 31.7 Å². The molecule has 1 aliphatic rings. The second-order valence-corrected chi connectivity index (χ2v) is 6.28. The van der Waals surface area contributed by atoms with Crippen LogP contribution >= 0.6 is 0 Å². The minimum absolute atomic E-state index is 0.0899. The maximum absolute atomic E-state index is 6.24. The summed E-state index contributed by atoms with van der Waals surface area (Å²) in [5.74, 6) is 1.68. The summed E-state index contributed by atoms with van der Waals surface area (Å²) in [6.45, 7) is 0. The Morgan fingerprint density at radius 2 is 2.16 bits per heavy atom. The third-order valence-electron chi connectivity index (χ3n) is 4.55. The summed E-state index contributed by atoms with van der Waals surface area (Å²) in [5.41, 5.74) is 10.5. The van der Waals surface area contributed by atoms with Crippen LogP contribution in [-0.2, 0) is 12.8 Å². The van der Waals surface area contributed by atoms with Crippen LogP contribution in [-0.4, -0.2) is 22.2 Å². The van der Waals surface area contributed by atoms with Gasteiger partial charge < -0.3 is 15.0 Å². The van der Waals surface area contributed by atoms with Crippen LogP contribution in [0.3, 0.4) is 0 Å². The average molecular weight is 336 g/mol. The molecule has 2 heterocycles. The highest BCUT2D eigenvalue weighted by atomic mass is 16.5. The third kappa shape index (κ3) is 3.25. The number of methoxy groups -OCH3 is 1. The quantitative estimate of drug-likeness (QED) is 0.788. The number of hydrogen-bond acceptors (Lipinski definition) is 6. The maximum Gasteiger partial charge on any atom is 0.257 e. The molecule has 25 heavy (non-hydrogen) atoms. The smallest absolute Gasteiger partial charge is 0.257 e. The summed E-state index contributed by atoms with van der Waals surface area (Å²) < 4.78 is 10.6. The SMILES string of the molecule is COc1cccc(Cc2noc(-c3ccc4c(c3)C(N)CCC4)n2)n1. The lowest BCUT2D eigenvalue weighted by atomic mass is 9.87. The molecule has 2 aromatic heterocycles. The Bertz CT molecular complexity index is 891. The van der Waals surface area contributed by atoms with Crippen molar-refractivity contribution in [3.8, 4) is 17.3 Å². The number of aromatic nitrogens is 3. The fraction of sp³-hybridized carbons (Fsp3) is 0.316. The predicted octanol–water partition coefficient (Wildman–Crippen LogP) is 3.07. The second kappa shape index (κ2) is 6.64. The molecule has 0 fully saturated rings. The normalized spacial score (nSPS) is 16.5. The van der Waals surface area contributed by atoms with Gasteiger partial charge in [-0.15, -0.1) is 0 Å². The van der Waals surface area contributed by atoms with E-state index >= 15 is 0 Å². The predicted molar refractivity (Wildman–Crippen MR) is 93.2 cm³/mol. The van der Waals surface area contributed by atoms with Gasteiger partial charge >= 0.3 is 0 Å². The van der Waals surface area contributed by atoms with Crippen LogP contribution in [0, 0.1) is 0 Å². The molecule has 4 rings (SSSR count). The van der Waals surface area contributed by atoms with Gasteiger partial charge in [-0.2, -0.15) is 4.98 Å². The molecule has 6 nitrogen and oxygen atoms in total. The zero-order chi connectivity index (χ0) is 17.2. The number of nitrogens with two attached hydrogens (primary N) is 1. The highest BCUT2D eigenvalue weighted by Crippen LogP contribution is 2.31. The summed E-state index contributed by atoms with van der Waals surface area (Å²) >= 11 is 0. The Morgan fingerprint density at radius 1 is 1.24 bits per heavy atom. The number of nitrogens with zero attached hydrogens (tertiary/aromatic N) is 3. The van der Waals surface area contributed by atoms with Gasteiger partial charge in [0, 0.05) is 17.7 Å². The van der Waals surface area contributed by atoms with Crippen LogP contribution in [0.4, 0.5) is 0 Å². The van der Waals surface area contributed by atoms with Crippen molar-refractivity contribution < 1.29 is 9.26 Å². The van der Waals surface area contributed by atoms with E-state index in [1.807, 2.05) is 24.3 Å². The molecule has 1 aliphatic carbocycles. The topological polar surface area (TPSA) is 87.1 Å². The maximum atomic E-state index is 6.24. The molecule has 0 bridgehead atoms. The Kier molecular flexibility index (Phi) is 4.19. The summed E-state index contributed by atoms with van der Waals surface area (Å²) in [4.78, 5) is 8.88. The number of hydrogen-bond donors (Lipinski definition) is 1. The lowest BCUT2D eigenvalue weighted by Gasteiger charge is -2.22. The number of ether oxygens (including phenoxy) is 1. The fourth-order valence-corrected chi connectivity index (χ4v) is 3.24. The zero-order valence-electron chi connectivity index (χ0n) is 14.1. The van der Waals surface area contributed by atoms with Crippen LogP contribution in [0.1, 0.15) is 41.5 Å². The zero-order valence-corrected chi connectivity index (χ0v) is 14.1. The van der Waals surface area contributed by atoms with Crippen molar-refractivity contribution in [3.05, 3.63) is 59.0 Å². The van der Waals surface area contributed by atoms with Crippen molar-refractivity contribution >= 4 is 0 Å². The molecule has 0 saturated heterocycles. The molecule has 128 valence electrons. The molecular weight excluding hydrogens is 316 g/mol. The van der Waals surface area contributed by atoms with Crippen molar-refractivity contribution in [2.75, 3.05) is 7.11 Å². The minimum Gasteiger partial charge on any atom is -0.481 e. The van der Waals surface area contributed by atoms with Gasteiger partial charge in [0.15, 0.2) is 5.82 Å². The molecule has 0 saturated carbocycles. The lowest BCUT2D eigenvalue weighted by Crippen LogP contribution is -2.17. The van der Waals surface area contributed by atoms with Crippen LogP contribution in [0.15, 0.2) is 40.9 Å². The van der Waals surface area contributed by atoms with Crippen molar-refractivity contribution in [1.82, 2.24) is 15.1 Å². The number of rotatable bonds is 4. The van der Waals surface area contributed by atoms with Gasteiger partial charge in [-0.1, -0.05) is 17.3 Å². The molecule has 0 aliphatic heterocycles. The molecule has 0 amide bonds. The molecule has 6 heteroatoms. The fourth-order valence-electron chi connectivity index (χ4n) is 3.24. The van der Waals surface area contributed by atoms with E-state index in [1.54, 1.807) is 7.11 Å². The summed E-state index contributed by atoms with van der Waals surface area (Å²) in [6.07, 6.45) is 3.74. The van der Waals surface area contributed by atoms with Gasteiger partial charge in [0.2, 0.25) is 5.88 Å². The summed E-state index contributed by atoms with van der Waals surface area (Å²) in [5, 5.41) is 4.08. The minimum atomic E-state index is 0.0899. The lowest BCUT2D eigenvalue weighted by molar-refractivity contribution is 0.396. The van der Waals surface area contributed by atoms with Gasteiger partial charge in [0.25, 0.3) is 5.89 Å². The number of fused-ring (bicyclic) bond motifs is 1. The number of benzene rings is 1. The molecule has 2 N–H and O–H groups in total. The van der Waals surface area contributed by atoms with Gasteiger partial charge in [0.1, 0.15) is 0 Å². The molecule has 0 spiro atoms. The molecule has 0 radical (unpaired) electrons. The molecule has 1 atom stereocenters. The van der Waals surface area contributed by atoms with E-state index in [2.05, 4.69) is 27.3 Å². The van der Waals surface area contributed by atoms with Gasteiger partial charge in [0.05, 0.1) is 19.2 Å². The molecule has 1 aromatic carbocycles. The van der Waals surface area contributed by atoms with Gasteiger partial charge in [-0.25, -0.2) is 4.98 Å². The van der Waals surface area contributed by atoms with Crippen molar-refractivity contribution in [1.29, 1.82) is 0 Å². The highest BCUT2D eigenvalue weighted by Gasteiger charge is 2.19. The summed E-state index contributed by atoms with van der Waals surface area (Å²) in [7, 11) is 1.60. The van der Waals surface area contributed by atoms with E-state index in [-0.39, 0.29) is 6.04 Å². The van der Waals surface area contributed by atoms with E-state index in [4.69, 9.17) is 15.0 Å². The van der Waals surface area contributed by atoms with Crippen molar-refractivity contribution in [3.63, 3.8) is 0 Å². The third-order valence-corrected chi connectivity index (χ3v) is 4.55. The largest absolute Gasteiger partial charge is 0.481 e. The Balaban J connectivity index is 1.58. The first-order valence-electron chi connectivity index (χ1n) is 8.44. The van der Waals surface area contributed by atoms with Gasteiger partial charge in [-0.05, 0) is 48.6 Å². The average Bonchev–Trinajstić information content (AvgIpc) is 3.10. The number of aryl methyl sites for hydroxylation is 1. The first-order chi connectivity index (χ1) is 12.2. The van der Waals surface area contributed by atoms with E-state index < -0.39 is 0 Å². The monoisotopic (exact) mass is 336 g/mol. The van der Waals surface area contributed by atoms with Crippen molar-refractivity contribution in [2.24, 2.45) is 5.73 Å².